The van der Waals surface area contributed by atoms with Crippen molar-refractivity contribution in [2.24, 2.45) is 0 Å². The van der Waals surface area contributed by atoms with Gasteiger partial charge in [-0.05, 0) is 57.8 Å². The zero-order chi connectivity index (χ0) is 63.5. The lowest BCUT2D eigenvalue weighted by atomic mass is 10.0. The smallest absolute Gasteiger partial charge is 0.305 e. The van der Waals surface area contributed by atoms with E-state index in [1.54, 1.807) is 6.08 Å². The third kappa shape index (κ3) is 73.1. The van der Waals surface area contributed by atoms with Gasteiger partial charge < -0.3 is 20.3 Å². The zero-order valence-corrected chi connectivity index (χ0v) is 59.7. The molecule has 0 saturated heterocycles. The number of aliphatic hydroxyl groups excluding tert-OH is 2. The average molecular weight is 1240 g/mol. The summed E-state index contributed by atoms with van der Waals surface area (Å²) in [5, 5.41) is 23.3. The summed E-state index contributed by atoms with van der Waals surface area (Å²) in [6.07, 6.45) is 101. The number of hydrogen-bond acceptors (Lipinski definition) is 5. The Bertz CT molecular complexity index is 1430. The minimum atomic E-state index is -0.843. The van der Waals surface area contributed by atoms with E-state index < -0.39 is 12.1 Å². The van der Waals surface area contributed by atoms with Crippen molar-refractivity contribution in [1.29, 1.82) is 0 Å². The largest absolute Gasteiger partial charge is 0.466 e. The van der Waals surface area contributed by atoms with Crippen molar-refractivity contribution in [3.63, 3.8) is 0 Å². The standard InChI is InChI=1S/C82H157NO5/c1-3-5-7-9-11-13-15-17-19-20-21-22-23-35-38-41-44-47-50-54-58-62-66-70-74-80(85)79(78-84)83-81(86)75-71-67-63-59-55-51-48-45-42-39-36-33-31-29-27-25-24-26-28-30-32-34-37-40-43-46-49-53-57-61-65-69-73-77-88-82(87)76-72-68-64-60-56-52-18-16-14-12-10-8-6-4-2/h10,12,16,18,70,74,79-80,84-85H,3-9,11,13-15,17,19-69,71-73,75-78H2,1-2H3,(H,83,86)/b12-10-,18-16-,74-70+. The molecule has 88 heavy (non-hydrogen) atoms. The second kappa shape index (κ2) is 77.5. The number of amides is 1. The Morgan fingerprint density at radius 3 is 0.898 bits per heavy atom. The molecule has 0 rings (SSSR count). The summed E-state index contributed by atoms with van der Waals surface area (Å²) in [4.78, 5) is 24.6. The molecule has 6 nitrogen and oxygen atoms in total. The fraction of sp³-hybridized carbons (Fsp3) is 0.902. The van der Waals surface area contributed by atoms with Crippen LogP contribution in [0.15, 0.2) is 36.5 Å². The highest BCUT2D eigenvalue weighted by molar-refractivity contribution is 5.76. The van der Waals surface area contributed by atoms with Gasteiger partial charge in [-0.3, -0.25) is 9.59 Å². The highest BCUT2D eigenvalue weighted by atomic mass is 16.5. The maximum atomic E-state index is 12.6. The van der Waals surface area contributed by atoms with Gasteiger partial charge in [0.2, 0.25) is 5.91 Å². The predicted molar refractivity (Wildman–Crippen MR) is 389 cm³/mol. The van der Waals surface area contributed by atoms with Crippen LogP contribution >= 0.6 is 0 Å². The fourth-order valence-corrected chi connectivity index (χ4v) is 12.8. The summed E-state index contributed by atoms with van der Waals surface area (Å²) in [5.74, 6) is -0.0507. The molecule has 520 valence electrons. The molecule has 2 atom stereocenters. The molecule has 2 unspecified atom stereocenters. The molecular weight excluding hydrogens is 1080 g/mol. The number of esters is 1. The van der Waals surface area contributed by atoms with Gasteiger partial charge in [0.25, 0.3) is 0 Å². The number of hydrogen-bond donors (Lipinski definition) is 3. The van der Waals surface area contributed by atoms with Gasteiger partial charge in [0, 0.05) is 12.8 Å². The van der Waals surface area contributed by atoms with Crippen LogP contribution in [0.3, 0.4) is 0 Å². The number of unbranched alkanes of at least 4 members (excludes halogenated alkanes) is 61. The molecular formula is C82H157NO5. The Morgan fingerprint density at radius 1 is 0.318 bits per heavy atom. The monoisotopic (exact) mass is 1240 g/mol. The van der Waals surface area contributed by atoms with Crippen molar-refractivity contribution in [3.8, 4) is 0 Å². The molecule has 0 aliphatic carbocycles. The molecule has 0 aromatic heterocycles. The summed E-state index contributed by atoms with van der Waals surface area (Å²) in [5.41, 5.74) is 0. The van der Waals surface area contributed by atoms with Gasteiger partial charge in [-0.15, -0.1) is 0 Å². The van der Waals surface area contributed by atoms with Gasteiger partial charge >= 0.3 is 5.97 Å². The van der Waals surface area contributed by atoms with Crippen molar-refractivity contribution in [2.75, 3.05) is 13.2 Å². The minimum absolute atomic E-state index is 0.00743. The van der Waals surface area contributed by atoms with Gasteiger partial charge in [0.1, 0.15) is 0 Å². The van der Waals surface area contributed by atoms with E-state index in [2.05, 4.69) is 43.5 Å². The van der Waals surface area contributed by atoms with Crippen LogP contribution in [-0.2, 0) is 14.3 Å². The number of allylic oxidation sites excluding steroid dienone is 5. The molecule has 0 fully saturated rings. The van der Waals surface area contributed by atoms with Crippen LogP contribution < -0.4 is 5.32 Å². The predicted octanol–water partition coefficient (Wildman–Crippen LogP) is 26.6. The van der Waals surface area contributed by atoms with E-state index in [0.29, 0.717) is 19.4 Å². The number of nitrogens with one attached hydrogen (secondary N) is 1. The zero-order valence-electron chi connectivity index (χ0n) is 59.7. The van der Waals surface area contributed by atoms with E-state index in [0.717, 1.165) is 51.4 Å². The number of carbonyl (C=O) groups excluding carboxylic acids is 2. The maximum Gasteiger partial charge on any atom is 0.305 e. The SMILES string of the molecule is CCCC/C=C\C/C=C\CCCCCCCC(=O)OCCCCCCCCCCCCCCCCCCCCCCCCCCCCCCCCCCCC(=O)NC(CO)C(O)/C=C/CCCCCCCCCCCCCCCCCCCCCCCC. The topological polar surface area (TPSA) is 95.9 Å². The highest BCUT2D eigenvalue weighted by Crippen LogP contribution is 2.20. The number of ether oxygens (including phenoxy) is 1. The van der Waals surface area contributed by atoms with Crippen molar-refractivity contribution in [3.05, 3.63) is 36.5 Å². The summed E-state index contributed by atoms with van der Waals surface area (Å²) in [6, 6.07) is -0.626. The second-order valence-corrected chi connectivity index (χ2v) is 27.8. The quantitative estimate of drug-likeness (QED) is 0.0320. The lowest BCUT2D eigenvalue weighted by molar-refractivity contribution is -0.143. The number of carbonyl (C=O) groups is 2. The Hall–Kier alpha value is -1.92. The fourth-order valence-electron chi connectivity index (χ4n) is 12.8. The summed E-state index contributed by atoms with van der Waals surface area (Å²) >= 11 is 0. The van der Waals surface area contributed by atoms with Crippen LogP contribution in [0.4, 0.5) is 0 Å². The van der Waals surface area contributed by atoms with Crippen LogP contribution in [0.1, 0.15) is 450 Å². The van der Waals surface area contributed by atoms with E-state index in [9.17, 15) is 19.8 Å². The Balaban J connectivity index is 3.35. The first-order valence-corrected chi connectivity index (χ1v) is 40.3. The van der Waals surface area contributed by atoms with Crippen molar-refractivity contribution < 1.29 is 24.5 Å². The van der Waals surface area contributed by atoms with Crippen molar-refractivity contribution >= 4 is 11.9 Å². The lowest BCUT2D eigenvalue weighted by Gasteiger charge is -2.20. The normalized spacial score (nSPS) is 12.6. The third-order valence-electron chi connectivity index (χ3n) is 18.9. The van der Waals surface area contributed by atoms with Gasteiger partial charge in [-0.2, -0.15) is 0 Å². The molecule has 0 radical (unpaired) electrons. The molecule has 0 aliphatic rings. The first kappa shape index (κ1) is 86.1. The van der Waals surface area contributed by atoms with Crippen LogP contribution in [0.25, 0.3) is 0 Å². The Labute approximate surface area is 551 Å². The van der Waals surface area contributed by atoms with Gasteiger partial charge in [0.05, 0.1) is 25.4 Å². The third-order valence-corrected chi connectivity index (χ3v) is 18.9. The lowest BCUT2D eigenvalue weighted by Crippen LogP contribution is -2.45. The maximum absolute atomic E-state index is 12.6. The summed E-state index contributed by atoms with van der Waals surface area (Å²) in [6.45, 7) is 4.91. The van der Waals surface area contributed by atoms with E-state index in [4.69, 9.17) is 4.74 Å². The molecule has 1 amide bonds. The first-order chi connectivity index (χ1) is 43.5. The van der Waals surface area contributed by atoms with Gasteiger partial charge in [-0.1, -0.05) is 416 Å². The van der Waals surface area contributed by atoms with Crippen LogP contribution in [0, 0.1) is 0 Å². The molecule has 0 aromatic rings. The van der Waals surface area contributed by atoms with Gasteiger partial charge in [-0.25, -0.2) is 0 Å². The molecule has 0 bridgehead atoms. The average Bonchev–Trinajstić information content (AvgIpc) is 3.58. The molecule has 0 spiro atoms. The van der Waals surface area contributed by atoms with Crippen molar-refractivity contribution in [2.45, 2.75) is 463 Å². The van der Waals surface area contributed by atoms with Gasteiger partial charge in [0.15, 0.2) is 0 Å². The van der Waals surface area contributed by atoms with E-state index >= 15 is 0 Å². The highest BCUT2D eigenvalue weighted by Gasteiger charge is 2.18. The van der Waals surface area contributed by atoms with E-state index in [-0.39, 0.29) is 18.5 Å². The van der Waals surface area contributed by atoms with Crippen LogP contribution in [0.2, 0.25) is 0 Å². The minimum Gasteiger partial charge on any atom is -0.466 e. The second-order valence-electron chi connectivity index (χ2n) is 27.8. The molecule has 0 heterocycles. The first-order valence-electron chi connectivity index (χ1n) is 40.3. The molecule has 0 aliphatic heterocycles. The van der Waals surface area contributed by atoms with Crippen LogP contribution in [0.5, 0.6) is 0 Å². The number of aliphatic hydroxyl groups is 2. The van der Waals surface area contributed by atoms with Crippen molar-refractivity contribution in [1.82, 2.24) is 5.32 Å². The summed E-state index contributed by atoms with van der Waals surface area (Å²) in [7, 11) is 0. The number of rotatable bonds is 76. The van der Waals surface area contributed by atoms with E-state index in [1.807, 2.05) is 6.08 Å². The Morgan fingerprint density at radius 2 is 0.580 bits per heavy atom. The Kier molecular flexibility index (Phi) is 75.8. The molecule has 6 heteroatoms. The van der Waals surface area contributed by atoms with Crippen LogP contribution in [-0.4, -0.2) is 47.4 Å². The summed E-state index contributed by atoms with van der Waals surface area (Å²) < 4.78 is 5.49. The molecule has 0 saturated carbocycles. The molecule has 0 aromatic carbocycles. The van der Waals surface area contributed by atoms with E-state index in [1.165, 1.54) is 372 Å². The molecule has 3 N–H and O–H groups in total.